The van der Waals surface area contributed by atoms with Gasteiger partial charge in [0.1, 0.15) is 6.54 Å². The summed E-state index contributed by atoms with van der Waals surface area (Å²) in [6.07, 6.45) is 10.2. The summed E-state index contributed by atoms with van der Waals surface area (Å²) in [5.74, 6) is 0.140. The van der Waals surface area contributed by atoms with E-state index in [-0.39, 0.29) is 11.9 Å². The van der Waals surface area contributed by atoms with Crippen molar-refractivity contribution in [3.8, 4) is 0 Å². The molecule has 0 saturated carbocycles. The summed E-state index contributed by atoms with van der Waals surface area (Å²) < 4.78 is 1.81. The Labute approximate surface area is 117 Å². The van der Waals surface area contributed by atoms with E-state index in [2.05, 4.69) is 15.2 Å². The fraction of sp³-hybridized carbons (Fsp3) is 0.500. The van der Waals surface area contributed by atoms with E-state index >= 15 is 0 Å². The van der Waals surface area contributed by atoms with Crippen molar-refractivity contribution in [2.75, 3.05) is 6.54 Å². The Balaban J connectivity index is 1.78. The highest BCUT2D eigenvalue weighted by Gasteiger charge is 2.29. The molecule has 1 atom stereocenters. The van der Waals surface area contributed by atoms with Gasteiger partial charge >= 0.3 is 0 Å². The van der Waals surface area contributed by atoms with Gasteiger partial charge in [-0.25, -0.2) is 4.98 Å². The van der Waals surface area contributed by atoms with E-state index in [1.807, 2.05) is 28.8 Å². The minimum Gasteiger partial charge on any atom is -0.333 e. The summed E-state index contributed by atoms with van der Waals surface area (Å²) in [7, 11) is 0. The SMILES string of the molecule is Cc1cn[nH]c1C1CCCCN1C(=O)Cn1ccnc1. The van der Waals surface area contributed by atoms with Crippen LogP contribution in [-0.4, -0.2) is 37.1 Å². The van der Waals surface area contributed by atoms with E-state index in [0.717, 1.165) is 37.1 Å². The number of amides is 1. The van der Waals surface area contributed by atoms with E-state index in [4.69, 9.17) is 0 Å². The van der Waals surface area contributed by atoms with E-state index in [0.29, 0.717) is 6.54 Å². The smallest absolute Gasteiger partial charge is 0.243 e. The third kappa shape index (κ3) is 2.45. The summed E-state index contributed by atoms with van der Waals surface area (Å²) >= 11 is 0. The molecule has 1 amide bonds. The summed E-state index contributed by atoms with van der Waals surface area (Å²) in [6, 6.07) is 0.127. The number of H-pyrrole nitrogens is 1. The first-order valence-corrected chi connectivity index (χ1v) is 7.01. The van der Waals surface area contributed by atoms with Crippen molar-refractivity contribution in [1.82, 2.24) is 24.6 Å². The number of nitrogens with zero attached hydrogens (tertiary/aromatic N) is 4. The maximum atomic E-state index is 12.5. The summed E-state index contributed by atoms with van der Waals surface area (Å²) in [6.45, 7) is 3.20. The molecule has 1 aliphatic heterocycles. The third-order valence-corrected chi connectivity index (χ3v) is 3.90. The zero-order valence-corrected chi connectivity index (χ0v) is 11.6. The van der Waals surface area contributed by atoms with Crippen LogP contribution in [0.3, 0.4) is 0 Å². The lowest BCUT2D eigenvalue weighted by molar-refractivity contribution is -0.135. The average molecular weight is 273 g/mol. The van der Waals surface area contributed by atoms with Gasteiger partial charge in [-0.1, -0.05) is 0 Å². The standard InChI is InChI=1S/C14H19N5O/c1-11-8-16-17-14(11)12-4-2-3-6-19(12)13(20)9-18-7-5-15-10-18/h5,7-8,10,12H,2-4,6,9H2,1H3,(H,16,17). The number of aromatic nitrogens is 4. The monoisotopic (exact) mass is 273 g/mol. The Bertz CT molecular complexity index is 574. The van der Waals surface area contributed by atoms with Gasteiger partial charge in [0.2, 0.25) is 5.91 Å². The summed E-state index contributed by atoms with van der Waals surface area (Å²) in [5.41, 5.74) is 2.20. The fourth-order valence-corrected chi connectivity index (χ4v) is 2.85. The van der Waals surface area contributed by atoms with E-state index in [1.54, 1.807) is 12.5 Å². The Kier molecular flexibility index (Phi) is 3.54. The Morgan fingerprint density at radius 2 is 2.40 bits per heavy atom. The van der Waals surface area contributed by atoms with Crippen LogP contribution in [0.2, 0.25) is 0 Å². The van der Waals surface area contributed by atoms with Gasteiger partial charge in [0.05, 0.1) is 24.3 Å². The van der Waals surface area contributed by atoms with Gasteiger partial charge in [-0.3, -0.25) is 9.89 Å². The average Bonchev–Trinajstić information content (AvgIpc) is 3.10. The minimum atomic E-state index is 0.127. The quantitative estimate of drug-likeness (QED) is 0.925. The molecule has 6 heteroatoms. The van der Waals surface area contributed by atoms with E-state index < -0.39 is 0 Å². The molecular formula is C14H19N5O. The number of hydrogen-bond donors (Lipinski definition) is 1. The third-order valence-electron chi connectivity index (χ3n) is 3.90. The number of hydrogen-bond acceptors (Lipinski definition) is 3. The van der Waals surface area contributed by atoms with Crippen LogP contribution in [0.15, 0.2) is 24.9 Å². The second kappa shape index (κ2) is 5.48. The van der Waals surface area contributed by atoms with Gasteiger partial charge < -0.3 is 9.47 Å². The molecule has 0 spiro atoms. The highest BCUT2D eigenvalue weighted by atomic mass is 16.2. The summed E-state index contributed by atoms with van der Waals surface area (Å²) in [5, 5.41) is 7.14. The topological polar surface area (TPSA) is 66.8 Å². The van der Waals surface area contributed by atoms with Crippen molar-refractivity contribution in [3.63, 3.8) is 0 Å². The van der Waals surface area contributed by atoms with Crippen LogP contribution in [0.25, 0.3) is 0 Å². The second-order valence-corrected chi connectivity index (χ2v) is 5.30. The van der Waals surface area contributed by atoms with Crippen LogP contribution in [0.4, 0.5) is 0 Å². The van der Waals surface area contributed by atoms with Crippen molar-refractivity contribution in [2.24, 2.45) is 0 Å². The van der Waals surface area contributed by atoms with Crippen LogP contribution in [0.5, 0.6) is 0 Å². The molecule has 6 nitrogen and oxygen atoms in total. The molecule has 1 saturated heterocycles. The Morgan fingerprint density at radius 1 is 1.50 bits per heavy atom. The maximum absolute atomic E-state index is 12.5. The summed E-state index contributed by atoms with van der Waals surface area (Å²) in [4.78, 5) is 18.5. The molecule has 1 fully saturated rings. The van der Waals surface area contributed by atoms with Crippen molar-refractivity contribution in [3.05, 3.63) is 36.2 Å². The zero-order valence-electron chi connectivity index (χ0n) is 11.6. The second-order valence-electron chi connectivity index (χ2n) is 5.30. The van der Waals surface area contributed by atoms with Crippen molar-refractivity contribution >= 4 is 5.91 Å². The highest BCUT2D eigenvalue weighted by Crippen LogP contribution is 2.31. The minimum absolute atomic E-state index is 0.127. The zero-order chi connectivity index (χ0) is 13.9. The molecule has 3 rings (SSSR count). The van der Waals surface area contributed by atoms with E-state index in [9.17, 15) is 4.79 Å². The van der Waals surface area contributed by atoms with Crippen LogP contribution in [0.1, 0.15) is 36.6 Å². The van der Waals surface area contributed by atoms with Gasteiger partial charge in [-0.05, 0) is 31.7 Å². The van der Waals surface area contributed by atoms with Gasteiger partial charge in [0.25, 0.3) is 0 Å². The highest BCUT2D eigenvalue weighted by molar-refractivity contribution is 5.76. The van der Waals surface area contributed by atoms with Crippen LogP contribution >= 0.6 is 0 Å². The molecule has 2 aromatic heterocycles. The normalized spacial score (nSPS) is 19.2. The number of rotatable bonds is 3. The molecule has 1 aliphatic rings. The molecule has 1 N–H and O–H groups in total. The largest absolute Gasteiger partial charge is 0.333 e. The molecule has 20 heavy (non-hydrogen) atoms. The van der Waals surface area contributed by atoms with Crippen LogP contribution in [-0.2, 0) is 11.3 Å². The lowest BCUT2D eigenvalue weighted by Gasteiger charge is -2.35. The molecule has 0 aliphatic carbocycles. The van der Waals surface area contributed by atoms with Gasteiger partial charge in [0, 0.05) is 18.9 Å². The predicted molar refractivity (Wildman–Crippen MR) is 73.9 cm³/mol. The first-order valence-electron chi connectivity index (χ1n) is 7.01. The Morgan fingerprint density at radius 3 is 3.10 bits per heavy atom. The number of aryl methyl sites for hydroxylation is 1. The van der Waals surface area contributed by atoms with Crippen molar-refractivity contribution in [2.45, 2.75) is 38.8 Å². The molecular weight excluding hydrogens is 254 g/mol. The van der Waals surface area contributed by atoms with E-state index in [1.165, 1.54) is 0 Å². The molecule has 0 bridgehead atoms. The van der Waals surface area contributed by atoms with Gasteiger partial charge in [-0.15, -0.1) is 0 Å². The van der Waals surface area contributed by atoms with Gasteiger partial charge in [0.15, 0.2) is 0 Å². The first kappa shape index (κ1) is 12.9. The van der Waals surface area contributed by atoms with Crippen molar-refractivity contribution in [1.29, 1.82) is 0 Å². The van der Waals surface area contributed by atoms with Crippen LogP contribution in [0, 0.1) is 6.92 Å². The number of aromatic amines is 1. The molecule has 106 valence electrons. The first-order chi connectivity index (χ1) is 9.75. The van der Waals surface area contributed by atoms with Crippen LogP contribution < -0.4 is 0 Å². The lowest BCUT2D eigenvalue weighted by Crippen LogP contribution is -2.40. The number of piperidine rings is 1. The number of imidazole rings is 1. The lowest BCUT2D eigenvalue weighted by atomic mass is 9.97. The number of likely N-dealkylation sites (tertiary alicyclic amines) is 1. The Hall–Kier alpha value is -2.11. The number of nitrogens with one attached hydrogen (secondary N) is 1. The number of carbonyl (C=O) groups is 1. The maximum Gasteiger partial charge on any atom is 0.243 e. The molecule has 1 unspecified atom stereocenters. The molecule has 0 aromatic carbocycles. The molecule has 3 heterocycles. The molecule has 0 radical (unpaired) electrons. The predicted octanol–water partition coefficient (Wildman–Crippen LogP) is 1.67. The molecule has 2 aromatic rings. The fourth-order valence-electron chi connectivity index (χ4n) is 2.85. The van der Waals surface area contributed by atoms with Gasteiger partial charge in [-0.2, -0.15) is 5.10 Å². The number of carbonyl (C=O) groups excluding carboxylic acids is 1. The van der Waals surface area contributed by atoms with Crippen molar-refractivity contribution < 1.29 is 4.79 Å².